The number of nitrogens with zero attached hydrogens (tertiary/aromatic N) is 13. The smallest absolute Gasteiger partial charge is 0.306 e. The lowest BCUT2D eigenvalue weighted by atomic mass is 9.76. The van der Waals surface area contributed by atoms with Crippen LogP contribution in [0.1, 0.15) is 172 Å². The first-order valence-corrected chi connectivity index (χ1v) is 41.1. The average Bonchev–Trinajstić information content (AvgIpc) is 1.60. The van der Waals surface area contributed by atoms with Crippen LogP contribution in [0, 0.1) is 40.9 Å². The minimum absolute atomic E-state index is 0. The van der Waals surface area contributed by atoms with E-state index in [2.05, 4.69) is 86.7 Å². The summed E-state index contributed by atoms with van der Waals surface area (Å²) in [5, 5.41) is 14.4. The zero-order valence-corrected chi connectivity index (χ0v) is 69.6. The van der Waals surface area contributed by atoms with Crippen LogP contribution < -0.4 is 0 Å². The molecule has 0 bridgehead atoms. The van der Waals surface area contributed by atoms with Gasteiger partial charge in [0.1, 0.15) is 32.0 Å². The number of aromatic nitrogens is 16. The Hall–Kier alpha value is -6.80. The number of thioether (sulfide) groups is 3. The number of carboxylic acid groups (broad SMARTS) is 1. The third kappa shape index (κ3) is 23.4. The van der Waals surface area contributed by atoms with Crippen molar-refractivity contribution in [2.45, 2.75) is 198 Å². The molecule has 20 nitrogen and oxygen atoms in total. The number of rotatable bonds is 10. The molecule has 12 heterocycles. The molecule has 2 unspecified atom stereocenters. The van der Waals surface area contributed by atoms with Gasteiger partial charge in [0.25, 0.3) is 0 Å². The van der Waals surface area contributed by atoms with Gasteiger partial charge >= 0.3 is 5.97 Å². The number of hydrogen-bond acceptors (Lipinski definition) is 19. The topological polar surface area (TPSA) is 279 Å². The maximum absolute atomic E-state index is 15.5. The second kappa shape index (κ2) is 39.3. The van der Waals surface area contributed by atoms with Crippen molar-refractivity contribution >= 4 is 143 Å². The standard InChI is InChI=1S/C23H26ClFN4O2.C16H16ClFN4OS.C16H16ClFN4S.C9H12ClFN2S.C5H4ClFN2S.C5H10O.2CH4/c1-23(2,3)19-18(25)17(8-12-6-4-5-7-14(12)22(30)31)28-21(29-19)16-11-27-20-15(16)9-13(24)10-26-20;1-16(2,3)12-11(18)15(24(4)23)22-14(21-12)10-7-20-13-9(10)5-8(17)6-19-13;1-16(2,3)12-11(18)15(23-4)22-14(21-12)10-7-20-13-9(10)5-8(17)6-19-13;1-9(2,3)6-5(11)7(14-4)13-8(10)12-6;1-10-4-3(7)2-8-5(6)9-4;1-5-3-2-4-6-5;;/h9-12,14H,4-8H2,1-3H3,(H,26,27)(H,30,31);5-7H,1-4H3,(H,19,20);5-7H,1-4H3,(H,19,20);1-4H3;2H,1H3;5H,2-4H2,1H3;2*1H4/t12-,14+;;;;;;;/m1......./s1. The number of halogens is 10. The van der Waals surface area contributed by atoms with Crippen molar-refractivity contribution < 1.29 is 40.8 Å². The van der Waals surface area contributed by atoms with E-state index < -0.39 is 56.4 Å². The minimum Gasteiger partial charge on any atom is -0.481 e. The van der Waals surface area contributed by atoms with Gasteiger partial charge in [-0.1, -0.05) is 146 Å². The number of carbonyl (C=O) groups is 1. The van der Waals surface area contributed by atoms with Crippen LogP contribution in [0.15, 0.2) is 81.7 Å². The van der Waals surface area contributed by atoms with Gasteiger partial charge in [-0.25, -0.2) is 86.7 Å². The highest BCUT2D eigenvalue weighted by Gasteiger charge is 2.35. The fraction of sp³-hybridized carbons (Fsp3) is 0.447. The van der Waals surface area contributed by atoms with Crippen LogP contribution in [-0.2, 0) is 48.4 Å². The summed E-state index contributed by atoms with van der Waals surface area (Å²) in [7, 11) is -1.57. The fourth-order valence-corrected chi connectivity index (χ4v) is 14.2. The number of carboxylic acids is 1. The number of hydrogen-bond donors (Lipinski definition) is 4. The quantitative estimate of drug-likeness (QED) is 0.0428. The van der Waals surface area contributed by atoms with Gasteiger partial charge in [-0.15, -0.1) is 35.3 Å². The van der Waals surface area contributed by atoms with Gasteiger partial charge in [-0.05, 0) is 105 Å². The summed E-state index contributed by atoms with van der Waals surface area (Å²) in [4.78, 5) is 75.1. The van der Waals surface area contributed by atoms with E-state index in [1.807, 2.05) is 83.1 Å². The fourth-order valence-electron chi connectivity index (χ4n) is 11.4. The zero-order valence-electron chi connectivity index (χ0n) is 62.6. The van der Waals surface area contributed by atoms with E-state index in [0.29, 0.717) is 100 Å². The molecule has 0 spiro atoms. The van der Waals surface area contributed by atoms with Crippen LogP contribution >= 0.6 is 93.3 Å². The molecule has 4 atom stereocenters. The number of aromatic amines is 3. The first kappa shape index (κ1) is 92.1. The first-order valence-electron chi connectivity index (χ1n) is 34.0. The van der Waals surface area contributed by atoms with E-state index in [1.54, 1.807) is 68.0 Å². The van der Waals surface area contributed by atoms with E-state index in [9.17, 15) is 31.7 Å². The molecule has 2 fully saturated rings. The Morgan fingerprint density at radius 2 is 0.918 bits per heavy atom. The Kier molecular flexibility index (Phi) is 32.9. The largest absolute Gasteiger partial charge is 0.481 e. The number of aliphatic carboxylic acids is 1. The molecule has 594 valence electrons. The van der Waals surface area contributed by atoms with Gasteiger partial charge < -0.3 is 24.8 Å². The summed E-state index contributed by atoms with van der Waals surface area (Å²) < 4.78 is 88.2. The molecular formula is C76H92Cl5F5N16O4S4. The van der Waals surface area contributed by atoms with Gasteiger partial charge in [0.05, 0.1) is 72.6 Å². The maximum Gasteiger partial charge on any atom is 0.306 e. The third-order valence-corrected chi connectivity index (χ3v) is 20.6. The number of H-pyrrole nitrogens is 3. The van der Waals surface area contributed by atoms with Gasteiger partial charge in [0.15, 0.2) is 51.6 Å². The third-order valence-electron chi connectivity index (χ3n) is 16.8. The molecule has 34 heteroatoms. The monoisotopic (exact) mass is 1690 g/mol. The van der Waals surface area contributed by atoms with Crippen molar-refractivity contribution in [2.24, 2.45) is 11.8 Å². The predicted octanol–water partition coefficient (Wildman–Crippen LogP) is 22.0. The van der Waals surface area contributed by atoms with Crippen LogP contribution in [0.4, 0.5) is 22.0 Å². The molecule has 0 aromatic carbocycles. The molecule has 11 aromatic heterocycles. The Labute approximate surface area is 678 Å². The molecule has 1 saturated heterocycles. The lowest BCUT2D eigenvalue weighted by Crippen LogP contribution is -2.29. The Morgan fingerprint density at radius 1 is 0.518 bits per heavy atom. The van der Waals surface area contributed by atoms with Crippen molar-refractivity contribution in [1.29, 1.82) is 0 Å². The maximum atomic E-state index is 15.5. The molecule has 1 aliphatic carbocycles. The lowest BCUT2D eigenvalue weighted by molar-refractivity contribution is -0.144. The molecule has 0 amide bonds. The van der Waals surface area contributed by atoms with Crippen LogP contribution in [0.2, 0.25) is 25.6 Å². The summed E-state index contributed by atoms with van der Waals surface area (Å²) in [6.45, 7) is 25.8. The zero-order chi connectivity index (χ0) is 79.7. The van der Waals surface area contributed by atoms with Crippen molar-refractivity contribution in [3.8, 4) is 34.2 Å². The molecule has 11 aromatic rings. The minimum atomic E-state index is -1.57. The van der Waals surface area contributed by atoms with E-state index in [1.165, 1.54) is 60.6 Å². The summed E-state index contributed by atoms with van der Waals surface area (Å²) in [6.07, 6.45) is 24.2. The van der Waals surface area contributed by atoms with Gasteiger partial charge in [0.2, 0.25) is 10.6 Å². The van der Waals surface area contributed by atoms with Crippen molar-refractivity contribution in [3.05, 3.63) is 145 Å². The summed E-state index contributed by atoms with van der Waals surface area (Å²) in [5.74, 6) is -2.50. The van der Waals surface area contributed by atoms with Gasteiger partial charge in [0, 0.05) is 105 Å². The number of nitrogens with one attached hydrogen (secondary N) is 3. The summed E-state index contributed by atoms with van der Waals surface area (Å²) in [6, 6.07) is 5.32. The normalized spacial score (nSPS) is 15.3. The SMILES string of the molecule is C.C.CC(C)(C)c1nc(-c2c[nH]c3ncc(Cl)cc23)nc(C[C@H]2CCCC[C@@H]2C(=O)O)c1F.CC1CCCO1.CS(=O)c1nc(-c2c[nH]c3ncc(Cl)cc23)nc(C(C)(C)C)c1F.CSc1nc(-c2c[nH]c3ncc(Cl)cc23)nc(C(C)(C)C)c1F.CSc1nc(Cl)nc(C(C)(C)C)c1F.CSc1nc(Cl)ncc1F. The average molecular weight is 1690 g/mol. The van der Waals surface area contributed by atoms with E-state index >= 15 is 4.39 Å². The molecule has 2 aliphatic rings. The van der Waals surface area contributed by atoms with E-state index in [-0.39, 0.29) is 76.2 Å². The van der Waals surface area contributed by atoms with Crippen LogP contribution in [0.5, 0.6) is 0 Å². The number of ether oxygens (including phenoxy) is 1. The summed E-state index contributed by atoms with van der Waals surface area (Å²) >= 11 is 33.0. The van der Waals surface area contributed by atoms with Crippen LogP contribution in [0.25, 0.3) is 67.3 Å². The second-order valence-electron chi connectivity index (χ2n) is 29.3. The van der Waals surface area contributed by atoms with Crippen molar-refractivity contribution in [2.75, 3.05) is 31.6 Å². The van der Waals surface area contributed by atoms with Crippen LogP contribution in [0.3, 0.4) is 0 Å². The highest BCUT2D eigenvalue weighted by molar-refractivity contribution is 7.99. The molecule has 1 aliphatic heterocycles. The Balaban J connectivity index is 0.000000217. The van der Waals surface area contributed by atoms with Crippen LogP contribution in [-0.4, -0.2) is 133 Å². The molecule has 1 saturated carbocycles. The predicted molar refractivity (Wildman–Crippen MR) is 438 cm³/mol. The second-order valence-corrected chi connectivity index (χ2v) is 34.9. The summed E-state index contributed by atoms with van der Waals surface area (Å²) in [5.41, 5.74) is 3.74. The molecule has 110 heavy (non-hydrogen) atoms. The van der Waals surface area contributed by atoms with E-state index in [4.69, 9.17) is 62.7 Å². The van der Waals surface area contributed by atoms with Gasteiger partial charge in [-0.3, -0.25) is 9.00 Å². The number of fused-ring (bicyclic) bond motifs is 3. The molecule has 4 N–H and O–H groups in total. The highest BCUT2D eigenvalue weighted by Crippen LogP contribution is 2.39. The lowest BCUT2D eigenvalue weighted by Gasteiger charge is -2.29. The Morgan fingerprint density at radius 3 is 1.31 bits per heavy atom. The Bertz CT molecular complexity index is 5050. The number of pyridine rings is 3. The van der Waals surface area contributed by atoms with Crippen molar-refractivity contribution in [1.82, 2.24) is 79.7 Å². The van der Waals surface area contributed by atoms with Crippen molar-refractivity contribution in [3.63, 3.8) is 0 Å². The molecule has 0 radical (unpaired) electrons. The molecular weight excluding hydrogens is 1600 g/mol. The molecule has 13 rings (SSSR count). The first-order chi connectivity index (χ1) is 50.6. The highest BCUT2D eigenvalue weighted by atomic mass is 35.5. The van der Waals surface area contributed by atoms with E-state index in [0.717, 1.165) is 53.8 Å². The van der Waals surface area contributed by atoms with Gasteiger partial charge in [-0.2, -0.15) is 0 Å².